The normalized spacial score (nSPS) is 21.8. The monoisotopic (exact) mass is 448 g/mol. The van der Waals surface area contributed by atoms with Crippen LogP contribution in [-0.2, 0) is 4.79 Å². The number of H-pyrrole nitrogens is 1. The molecule has 0 saturated heterocycles. The lowest BCUT2D eigenvalue weighted by atomic mass is 9.75. The van der Waals surface area contributed by atoms with Crippen LogP contribution in [0.3, 0.4) is 0 Å². The number of rotatable bonds is 6. The molecule has 2 aliphatic rings. The SMILES string of the molecule is C/C(=C(/C(=O)C1CCC(c2ccc(OC(F)(F)F)cc2)CC1)c1cnc[nH]1)C1CC1.CC. The third-order valence-corrected chi connectivity index (χ3v) is 6.28. The van der Waals surface area contributed by atoms with Gasteiger partial charge in [0.15, 0.2) is 5.78 Å². The number of nitrogens with zero attached hydrogens (tertiary/aromatic N) is 1. The molecule has 0 spiro atoms. The van der Waals surface area contributed by atoms with Crippen LogP contribution in [0, 0.1) is 11.8 Å². The van der Waals surface area contributed by atoms with E-state index >= 15 is 0 Å². The van der Waals surface area contributed by atoms with Crippen molar-refractivity contribution >= 4 is 11.4 Å². The lowest BCUT2D eigenvalue weighted by Gasteiger charge is -2.29. The van der Waals surface area contributed by atoms with Crippen LogP contribution in [0.2, 0.25) is 0 Å². The molecule has 0 unspecified atom stereocenters. The summed E-state index contributed by atoms with van der Waals surface area (Å²) in [7, 11) is 0. The Balaban J connectivity index is 0.00000141. The van der Waals surface area contributed by atoms with Crippen LogP contribution in [0.5, 0.6) is 5.75 Å². The zero-order chi connectivity index (χ0) is 23.3. The van der Waals surface area contributed by atoms with Crippen LogP contribution in [0.1, 0.15) is 76.5 Å². The maximum Gasteiger partial charge on any atom is 0.573 e. The molecule has 0 amide bonds. The van der Waals surface area contributed by atoms with Gasteiger partial charge in [0.25, 0.3) is 0 Å². The molecule has 2 aromatic rings. The summed E-state index contributed by atoms with van der Waals surface area (Å²) in [4.78, 5) is 20.5. The quantitative estimate of drug-likeness (QED) is 0.481. The van der Waals surface area contributed by atoms with E-state index < -0.39 is 6.36 Å². The van der Waals surface area contributed by atoms with Crippen molar-refractivity contribution in [1.82, 2.24) is 9.97 Å². The van der Waals surface area contributed by atoms with E-state index in [4.69, 9.17) is 0 Å². The molecule has 0 atom stereocenters. The van der Waals surface area contributed by atoms with Crippen molar-refractivity contribution in [3.63, 3.8) is 0 Å². The first-order valence-electron chi connectivity index (χ1n) is 11.4. The molecular weight excluding hydrogens is 417 g/mol. The Hall–Kier alpha value is -2.57. The van der Waals surface area contributed by atoms with E-state index in [2.05, 4.69) is 21.6 Å². The number of aromatic amines is 1. The van der Waals surface area contributed by atoms with E-state index in [1.807, 2.05) is 13.8 Å². The summed E-state index contributed by atoms with van der Waals surface area (Å²) in [6.45, 7) is 6.06. The molecule has 174 valence electrons. The van der Waals surface area contributed by atoms with Gasteiger partial charge >= 0.3 is 6.36 Å². The van der Waals surface area contributed by atoms with Crippen molar-refractivity contribution < 1.29 is 22.7 Å². The Kier molecular flexibility index (Phi) is 7.80. The minimum atomic E-state index is -4.68. The van der Waals surface area contributed by atoms with Crippen molar-refractivity contribution in [2.45, 2.75) is 71.6 Å². The zero-order valence-corrected chi connectivity index (χ0v) is 18.8. The Bertz CT molecular complexity index is 906. The highest BCUT2D eigenvalue weighted by atomic mass is 19.4. The minimum Gasteiger partial charge on any atom is -0.406 e. The second-order valence-corrected chi connectivity index (χ2v) is 8.33. The third-order valence-electron chi connectivity index (χ3n) is 6.28. The maximum atomic E-state index is 13.4. The average Bonchev–Trinajstić information content (AvgIpc) is 3.51. The molecule has 1 heterocycles. The fraction of sp³-hybridized carbons (Fsp3) is 0.520. The summed E-state index contributed by atoms with van der Waals surface area (Å²) in [5.74, 6) is 0.705. The van der Waals surface area contributed by atoms with Gasteiger partial charge in [0, 0.05) is 11.5 Å². The Labute approximate surface area is 187 Å². The Morgan fingerprint density at radius 3 is 2.09 bits per heavy atom. The van der Waals surface area contributed by atoms with Gasteiger partial charge in [0.1, 0.15) is 5.75 Å². The fourth-order valence-electron chi connectivity index (χ4n) is 4.49. The topological polar surface area (TPSA) is 55.0 Å². The van der Waals surface area contributed by atoms with Gasteiger partial charge in [-0.15, -0.1) is 13.2 Å². The number of aromatic nitrogens is 2. The van der Waals surface area contributed by atoms with Gasteiger partial charge in [-0.1, -0.05) is 31.6 Å². The van der Waals surface area contributed by atoms with Gasteiger partial charge in [0.2, 0.25) is 0 Å². The van der Waals surface area contributed by atoms with E-state index in [0.29, 0.717) is 5.92 Å². The largest absolute Gasteiger partial charge is 0.573 e. The molecule has 2 aliphatic carbocycles. The number of halogens is 3. The number of alkyl halides is 3. The third kappa shape index (κ3) is 6.02. The number of nitrogens with one attached hydrogen (secondary N) is 1. The summed E-state index contributed by atoms with van der Waals surface area (Å²) >= 11 is 0. The van der Waals surface area contributed by atoms with Crippen LogP contribution in [-0.4, -0.2) is 22.1 Å². The average molecular weight is 449 g/mol. The van der Waals surface area contributed by atoms with E-state index in [9.17, 15) is 18.0 Å². The molecule has 0 bridgehead atoms. The van der Waals surface area contributed by atoms with Crippen molar-refractivity contribution in [1.29, 1.82) is 0 Å². The molecule has 0 radical (unpaired) electrons. The minimum absolute atomic E-state index is 0.0268. The Morgan fingerprint density at radius 1 is 1.00 bits per heavy atom. The lowest BCUT2D eigenvalue weighted by Crippen LogP contribution is -2.23. The molecule has 4 nitrogen and oxygen atoms in total. The second kappa shape index (κ2) is 10.4. The van der Waals surface area contributed by atoms with E-state index in [0.717, 1.165) is 60.9 Å². The standard InChI is InChI=1S/C23H25F3N2O2.C2H6/c1-14(15-2-3-15)21(20-12-27-13-28-20)22(29)18-6-4-16(5-7-18)17-8-10-19(11-9-17)30-23(24,25)26;1-2/h8-13,15-16,18H,2-7H2,1H3,(H,27,28);1-2H3/b21-14-;. The number of hydrogen-bond acceptors (Lipinski definition) is 3. The summed E-state index contributed by atoms with van der Waals surface area (Å²) in [6, 6.07) is 6.11. The van der Waals surface area contributed by atoms with E-state index in [1.54, 1.807) is 24.7 Å². The van der Waals surface area contributed by atoms with Crippen LogP contribution in [0.25, 0.3) is 5.57 Å². The van der Waals surface area contributed by atoms with Crippen LogP contribution in [0.4, 0.5) is 13.2 Å². The number of carbonyl (C=O) groups is 1. The lowest BCUT2D eigenvalue weighted by molar-refractivity contribution is -0.274. The highest BCUT2D eigenvalue weighted by Crippen LogP contribution is 2.43. The number of carbonyl (C=O) groups excluding carboxylic acids is 1. The first kappa shape index (κ1) is 24.1. The van der Waals surface area contributed by atoms with E-state index in [-0.39, 0.29) is 23.4 Å². The second-order valence-electron chi connectivity index (χ2n) is 8.33. The number of hydrogen-bond donors (Lipinski definition) is 1. The molecule has 2 saturated carbocycles. The van der Waals surface area contributed by atoms with Gasteiger partial charge in [-0.25, -0.2) is 4.98 Å². The summed E-state index contributed by atoms with van der Waals surface area (Å²) in [6.07, 6.45) is 4.15. The summed E-state index contributed by atoms with van der Waals surface area (Å²) < 4.78 is 40.9. The molecule has 2 fully saturated rings. The highest BCUT2D eigenvalue weighted by Gasteiger charge is 2.34. The molecule has 1 aromatic carbocycles. The predicted octanol–water partition coefficient (Wildman–Crippen LogP) is 7.06. The maximum absolute atomic E-state index is 13.4. The number of allylic oxidation sites excluding steroid dienone is 2. The number of ketones is 1. The zero-order valence-electron chi connectivity index (χ0n) is 18.8. The molecule has 1 N–H and O–H groups in total. The van der Waals surface area contributed by atoms with Crippen molar-refractivity contribution in [2.24, 2.45) is 11.8 Å². The molecular formula is C25H31F3N2O2. The highest BCUT2D eigenvalue weighted by molar-refractivity contribution is 6.22. The van der Waals surface area contributed by atoms with Gasteiger partial charge in [0.05, 0.1) is 18.2 Å². The first-order chi connectivity index (χ1) is 15.3. The molecule has 0 aliphatic heterocycles. The number of Topliss-reactive ketones (excluding diaryl/α,β-unsaturated/α-hetero) is 1. The molecule has 1 aromatic heterocycles. The van der Waals surface area contributed by atoms with Gasteiger partial charge in [-0.05, 0) is 75.0 Å². The number of ether oxygens (including phenoxy) is 1. The molecule has 4 rings (SSSR count). The predicted molar refractivity (Wildman–Crippen MR) is 118 cm³/mol. The van der Waals surface area contributed by atoms with E-state index in [1.165, 1.54) is 12.1 Å². The van der Waals surface area contributed by atoms with Gasteiger partial charge in [-0.3, -0.25) is 4.79 Å². The van der Waals surface area contributed by atoms with Crippen LogP contribution >= 0.6 is 0 Å². The molecule has 7 heteroatoms. The van der Waals surface area contributed by atoms with Crippen molar-refractivity contribution in [3.05, 3.63) is 53.6 Å². The molecule has 32 heavy (non-hydrogen) atoms. The summed E-state index contributed by atoms with van der Waals surface area (Å²) in [5, 5.41) is 0. The Morgan fingerprint density at radius 2 is 1.59 bits per heavy atom. The first-order valence-corrected chi connectivity index (χ1v) is 11.4. The smallest absolute Gasteiger partial charge is 0.406 e. The van der Waals surface area contributed by atoms with Crippen LogP contribution < -0.4 is 4.74 Å². The van der Waals surface area contributed by atoms with Crippen molar-refractivity contribution in [3.8, 4) is 5.75 Å². The number of benzene rings is 1. The summed E-state index contributed by atoms with van der Waals surface area (Å²) in [5.41, 5.74) is 3.75. The van der Waals surface area contributed by atoms with Crippen molar-refractivity contribution in [2.75, 3.05) is 0 Å². The fourth-order valence-corrected chi connectivity index (χ4v) is 4.49. The van der Waals surface area contributed by atoms with Gasteiger partial charge < -0.3 is 9.72 Å². The number of imidazole rings is 1. The van der Waals surface area contributed by atoms with Crippen LogP contribution in [0.15, 0.2) is 42.4 Å². The van der Waals surface area contributed by atoms with Gasteiger partial charge in [-0.2, -0.15) is 0 Å².